The smallest absolute Gasteiger partial charge is 0.370 e. The van der Waals surface area contributed by atoms with Crippen LogP contribution in [0.25, 0.3) is 0 Å². The Morgan fingerprint density at radius 2 is 1.75 bits per heavy atom. The van der Waals surface area contributed by atoms with Crippen LogP contribution in [0, 0.1) is 0 Å². The highest BCUT2D eigenvalue weighted by Crippen LogP contribution is 2.63. The van der Waals surface area contributed by atoms with Gasteiger partial charge in [0.1, 0.15) is 0 Å². The van der Waals surface area contributed by atoms with Crippen LogP contribution in [0.3, 0.4) is 0 Å². The Kier molecular flexibility index (Phi) is 6.07. The van der Waals surface area contributed by atoms with Crippen molar-refractivity contribution in [2.45, 2.75) is 32.4 Å². The van der Waals surface area contributed by atoms with Gasteiger partial charge in [0, 0.05) is 12.8 Å². The van der Waals surface area contributed by atoms with Crippen LogP contribution in [0.1, 0.15) is 26.7 Å². The number of hydrogen-bond donors (Lipinski definition) is 1. The van der Waals surface area contributed by atoms with Gasteiger partial charge >= 0.3 is 13.3 Å². The number of hydrogen-bond acceptors (Lipinski definition) is 4. The number of amides is 1. The first kappa shape index (κ1) is 15.5. The van der Waals surface area contributed by atoms with Crippen molar-refractivity contribution in [2.24, 2.45) is 5.73 Å². The number of carbonyl (C=O) groups excluding carboxylic acids is 1. The van der Waals surface area contributed by atoms with Gasteiger partial charge in [0.05, 0.1) is 13.2 Å². The lowest BCUT2D eigenvalue weighted by Crippen LogP contribution is -2.23. The number of primary amides is 1. The Hall–Kier alpha value is -0.520. The van der Waals surface area contributed by atoms with Gasteiger partial charge in [-0.1, -0.05) is 0 Å². The highest BCUT2D eigenvalue weighted by Gasteiger charge is 2.52. The Bertz CT molecular complexity index is 275. The highest BCUT2D eigenvalue weighted by atomic mass is 31.2. The van der Waals surface area contributed by atoms with Crippen molar-refractivity contribution in [2.75, 3.05) is 13.2 Å². The van der Waals surface area contributed by atoms with E-state index in [9.17, 15) is 18.1 Å². The summed E-state index contributed by atoms with van der Waals surface area (Å²) in [5.41, 5.74) is 1.05. The van der Waals surface area contributed by atoms with E-state index in [1.807, 2.05) is 0 Å². The maximum atomic E-state index is 13.5. The standard InChI is InChI=1S/C8H16F2NO4P/c1-3-14-16(13,15-4-2)8(9,10)6-5-7(11)12/h3-6H2,1-2H3,(H2,11,12). The molecule has 8 heteroatoms. The zero-order valence-corrected chi connectivity index (χ0v) is 10.1. The zero-order valence-electron chi connectivity index (χ0n) is 9.24. The SMILES string of the molecule is CCOP(=O)(OCC)C(F)(F)CCC(N)=O. The molecule has 1 amide bonds. The molecule has 0 aromatic heterocycles. The minimum Gasteiger partial charge on any atom is -0.370 e. The summed E-state index contributed by atoms with van der Waals surface area (Å²) in [4.78, 5) is 10.4. The third-order valence-corrected chi connectivity index (χ3v) is 3.89. The molecule has 0 saturated heterocycles. The molecule has 0 heterocycles. The summed E-state index contributed by atoms with van der Waals surface area (Å²) in [5, 5.41) is 0. The number of carbonyl (C=O) groups is 1. The first-order valence-electron chi connectivity index (χ1n) is 4.84. The van der Waals surface area contributed by atoms with Crippen LogP contribution in [0.2, 0.25) is 0 Å². The fourth-order valence-corrected chi connectivity index (χ4v) is 2.49. The largest absolute Gasteiger partial charge is 0.399 e. The van der Waals surface area contributed by atoms with E-state index < -0.39 is 32.0 Å². The number of alkyl halides is 2. The molecule has 0 aromatic carbocycles. The Labute approximate surface area is 92.8 Å². The zero-order chi connectivity index (χ0) is 12.8. The molecular weight excluding hydrogens is 243 g/mol. The van der Waals surface area contributed by atoms with Crippen molar-refractivity contribution >= 4 is 13.5 Å². The topological polar surface area (TPSA) is 78.6 Å². The van der Waals surface area contributed by atoms with Crippen LogP contribution in [0.5, 0.6) is 0 Å². The fraction of sp³-hybridized carbons (Fsp3) is 0.875. The molecule has 2 N–H and O–H groups in total. The third kappa shape index (κ3) is 4.15. The van der Waals surface area contributed by atoms with E-state index in [0.29, 0.717) is 0 Å². The fourth-order valence-electron chi connectivity index (χ4n) is 0.977. The molecule has 0 radical (unpaired) electrons. The maximum Gasteiger partial charge on any atom is 0.399 e. The minimum atomic E-state index is -4.52. The Morgan fingerprint density at radius 3 is 2.06 bits per heavy atom. The average Bonchev–Trinajstić information content (AvgIpc) is 2.15. The average molecular weight is 259 g/mol. The summed E-state index contributed by atoms with van der Waals surface area (Å²) in [6, 6.07) is 0. The summed E-state index contributed by atoms with van der Waals surface area (Å²) >= 11 is 0. The van der Waals surface area contributed by atoms with Crippen molar-refractivity contribution in [3.8, 4) is 0 Å². The molecule has 0 aliphatic carbocycles. The molecule has 0 unspecified atom stereocenters. The molecule has 5 nitrogen and oxygen atoms in total. The molecule has 0 aliphatic rings. The van der Waals surface area contributed by atoms with Crippen LogP contribution in [-0.2, 0) is 18.4 Å². The number of halogens is 2. The lowest BCUT2D eigenvalue weighted by atomic mass is 10.3. The molecule has 0 saturated carbocycles. The molecule has 16 heavy (non-hydrogen) atoms. The van der Waals surface area contributed by atoms with Gasteiger partial charge in [-0.3, -0.25) is 9.36 Å². The summed E-state index contributed by atoms with van der Waals surface area (Å²) in [7, 11) is -4.52. The van der Waals surface area contributed by atoms with Gasteiger partial charge in [0.25, 0.3) is 0 Å². The van der Waals surface area contributed by atoms with Crippen molar-refractivity contribution in [1.29, 1.82) is 0 Å². The van der Waals surface area contributed by atoms with E-state index in [4.69, 9.17) is 5.73 Å². The molecule has 0 aromatic rings. The van der Waals surface area contributed by atoms with Gasteiger partial charge in [0.15, 0.2) is 0 Å². The quantitative estimate of drug-likeness (QED) is 0.677. The lowest BCUT2D eigenvalue weighted by Gasteiger charge is -2.25. The summed E-state index contributed by atoms with van der Waals surface area (Å²) in [5.74, 6) is -0.890. The van der Waals surface area contributed by atoms with Gasteiger partial charge in [-0.25, -0.2) is 0 Å². The van der Waals surface area contributed by atoms with Gasteiger partial charge < -0.3 is 14.8 Å². The van der Waals surface area contributed by atoms with Crippen molar-refractivity contribution in [1.82, 2.24) is 0 Å². The predicted molar refractivity (Wildman–Crippen MR) is 54.2 cm³/mol. The van der Waals surface area contributed by atoms with Crippen molar-refractivity contribution < 1.29 is 27.2 Å². The molecule has 0 fully saturated rings. The number of nitrogens with two attached hydrogens (primary N) is 1. The van der Waals surface area contributed by atoms with Crippen molar-refractivity contribution in [3.63, 3.8) is 0 Å². The van der Waals surface area contributed by atoms with Crippen LogP contribution < -0.4 is 5.73 Å². The normalized spacial score (nSPS) is 12.8. The predicted octanol–water partition coefficient (Wildman–Crippen LogP) is 2.11. The first-order chi connectivity index (χ1) is 7.29. The van der Waals surface area contributed by atoms with Gasteiger partial charge in [-0.2, -0.15) is 8.78 Å². The van der Waals surface area contributed by atoms with Crippen LogP contribution in [-0.4, -0.2) is 24.8 Å². The minimum absolute atomic E-state index is 0.163. The first-order valence-corrected chi connectivity index (χ1v) is 6.38. The van der Waals surface area contributed by atoms with Gasteiger partial charge in [-0.05, 0) is 13.8 Å². The van der Waals surface area contributed by atoms with Crippen molar-refractivity contribution in [3.05, 3.63) is 0 Å². The van der Waals surface area contributed by atoms with Crippen LogP contribution in [0.15, 0.2) is 0 Å². The van der Waals surface area contributed by atoms with Crippen LogP contribution >= 0.6 is 7.60 Å². The van der Waals surface area contributed by atoms with Gasteiger partial charge in [0.2, 0.25) is 5.91 Å². The van der Waals surface area contributed by atoms with Gasteiger partial charge in [-0.15, -0.1) is 0 Å². The van der Waals surface area contributed by atoms with E-state index in [0.717, 1.165) is 0 Å². The van der Waals surface area contributed by atoms with E-state index in [1.54, 1.807) is 0 Å². The van der Waals surface area contributed by atoms with E-state index in [2.05, 4.69) is 9.05 Å². The molecule has 0 spiro atoms. The Balaban J connectivity index is 4.74. The van der Waals surface area contributed by atoms with Crippen LogP contribution in [0.4, 0.5) is 8.78 Å². The highest BCUT2D eigenvalue weighted by molar-refractivity contribution is 7.55. The molecule has 0 rings (SSSR count). The second kappa shape index (κ2) is 6.27. The Morgan fingerprint density at radius 1 is 1.31 bits per heavy atom. The maximum absolute atomic E-state index is 13.5. The third-order valence-electron chi connectivity index (χ3n) is 1.67. The van der Waals surface area contributed by atoms with E-state index in [1.165, 1.54) is 13.8 Å². The second-order valence-electron chi connectivity index (χ2n) is 2.97. The molecule has 96 valence electrons. The molecule has 0 aliphatic heterocycles. The summed E-state index contributed by atoms with van der Waals surface area (Å²) < 4.78 is 47.7. The molecule has 0 bridgehead atoms. The van der Waals surface area contributed by atoms with E-state index in [-0.39, 0.29) is 13.2 Å². The molecule has 0 atom stereocenters. The summed E-state index contributed by atoms with van der Waals surface area (Å²) in [6.07, 6.45) is -1.52. The monoisotopic (exact) mass is 259 g/mol. The summed E-state index contributed by atoms with van der Waals surface area (Å²) in [6.45, 7) is 2.53. The lowest BCUT2D eigenvalue weighted by molar-refractivity contribution is -0.119. The second-order valence-corrected chi connectivity index (χ2v) is 5.13. The molecular formula is C8H16F2NO4P. The number of rotatable bonds is 8. The van der Waals surface area contributed by atoms with E-state index >= 15 is 0 Å².